The molecule has 1 aromatic rings. The molecule has 0 aliphatic heterocycles. The molecule has 90 valence electrons. The van der Waals surface area contributed by atoms with Gasteiger partial charge < -0.3 is 9.80 Å². The van der Waals surface area contributed by atoms with Gasteiger partial charge in [-0.2, -0.15) is 5.26 Å². The first-order chi connectivity index (χ1) is 8.02. The van der Waals surface area contributed by atoms with Gasteiger partial charge >= 0.3 is 0 Å². The molecule has 0 unspecified atom stereocenters. The van der Waals surface area contributed by atoms with Crippen LogP contribution in [0, 0.1) is 11.3 Å². The number of hydrogen-bond donors (Lipinski definition) is 1. The van der Waals surface area contributed by atoms with Crippen LogP contribution in [-0.2, 0) is 0 Å². The van der Waals surface area contributed by atoms with E-state index in [0.717, 1.165) is 17.8 Å². The molecule has 1 aromatic heterocycles. The summed E-state index contributed by atoms with van der Waals surface area (Å²) in [6.45, 7) is 0.875. The van der Waals surface area contributed by atoms with E-state index in [1.54, 1.807) is 6.07 Å². The lowest BCUT2D eigenvalue weighted by molar-refractivity contribution is -0.849. The molecule has 0 aromatic carbocycles. The van der Waals surface area contributed by atoms with Gasteiger partial charge in [0.2, 0.25) is 0 Å². The fourth-order valence-electron chi connectivity index (χ4n) is 1.57. The molecule has 0 saturated heterocycles. The van der Waals surface area contributed by atoms with Crippen LogP contribution in [-0.4, -0.2) is 44.6 Å². The second-order valence-corrected chi connectivity index (χ2v) is 4.52. The predicted molar refractivity (Wildman–Crippen MR) is 68.3 cm³/mol. The highest BCUT2D eigenvalue weighted by Crippen LogP contribution is 2.11. The van der Waals surface area contributed by atoms with Gasteiger partial charge in [-0.3, -0.25) is 0 Å². The fourth-order valence-corrected chi connectivity index (χ4v) is 1.57. The zero-order valence-electron chi connectivity index (χ0n) is 10.9. The van der Waals surface area contributed by atoms with E-state index in [-0.39, 0.29) is 0 Å². The summed E-state index contributed by atoms with van der Waals surface area (Å²) < 4.78 is 0. The molecule has 1 rings (SSSR count). The van der Waals surface area contributed by atoms with Crippen LogP contribution in [0.5, 0.6) is 0 Å². The summed E-state index contributed by atoms with van der Waals surface area (Å²) in [6.07, 6.45) is 2.05. The summed E-state index contributed by atoms with van der Waals surface area (Å²) in [5.74, 6) is 0. The highest BCUT2D eigenvalue weighted by Gasteiger charge is 2.08. The molecule has 4 heteroatoms. The highest BCUT2D eigenvalue weighted by atomic mass is 15.1. The predicted octanol–water partition coefficient (Wildman–Crippen LogP) is 0.000280. The van der Waals surface area contributed by atoms with Gasteiger partial charge in [0.1, 0.15) is 18.3 Å². The summed E-state index contributed by atoms with van der Waals surface area (Å²) in [7, 11) is 8.16. The molecular formula is C13H19N4+. The first-order valence-corrected chi connectivity index (χ1v) is 5.56. The third kappa shape index (κ3) is 4.25. The Morgan fingerprint density at radius 1 is 1.47 bits per heavy atom. The molecule has 0 fully saturated rings. The van der Waals surface area contributed by atoms with E-state index < -0.39 is 0 Å². The van der Waals surface area contributed by atoms with Gasteiger partial charge in [-0.05, 0) is 12.1 Å². The van der Waals surface area contributed by atoms with E-state index in [0.29, 0.717) is 5.69 Å². The fraction of sp³-hybridized carbons (Fsp3) is 0.385. The van der Waals surface area contributed by atoms with Crippen molar-refractivity contribution >= 4 is 5.57 Å². The van der Waals surface area contributed by atoms with Gasteiger partial charge in [-0.1, -0.05) is 6.07 Å². The third-order valence-electron chi connectivity index (χ3n) is 2.15. The van der Waals surface area contributed by atoms with Crippen molar-refractivity contribution in [3.05, 3.63) is 35.8 Å². The maximum atomic E-state index is 8.86. The van der Waals surface area contributed by atoms with Crippen LogP contribution >= 0.6 is 0 Å². The topological polar surface area (TPSA) is 44.4 Å². The Bertz CT molecular complexity index is 441. The molecule has 0 spiro atoms. The molecule has 0 radical (unpaired) electrons. The third-order valence-corrected chi connectivity index (χ3v) is 2.15. The Balaban J connectivity index is 3.09. The minimum Gasteiger partial charge on any atom is -0.383 e. The maximum Gasteiger partial charge on any atom is 0.141 e. The lowest BCUT2D eigenvalue weighted by Crippen LogP contribution is -3.05. The number of quaternary nitrogens is 1. The molecule has 1 heterocycles. The van der Waals surface area contributed by atoms with Crippen LogP contribution in [0.2, 0.25) is 0 Å². The number of rotatable bonds is 4. The molecule has 0 aliphatic carbocycles. The summed E-state index contributed by atoms with van der Waals surface area (Å²) in [5.41, 5.74) is 2.46. The second kappa shape index (κ2) is 6.02. The van der Waals surface area contributed by atoms with Crippen molar-refractivity contribution in [2.45, 2.75) is 0 Å². The highest BCUT2D eigenvalue weighted by molar-refractivity contribution is 5.63. The smallest absolute Gasteiger partial charge is 0.141 e. The van der Waals surface area contributed by atoms with Crippen LogP contribution < -0.4 is 4.90 Å². The molecular weight excluding hydrogens is 212 g/mol. The van der Waals surface area contributed by atoms with Gasteiger partial charge in [0.25, 0.3) is 0 Å². The molecule has 17 heavy (non-hydrogen) atoms. The summed E-state index contributed by atoms with van der Waals surface area (Å²) in [5, 5.41) is 8.86. The van der Waals surface area contributed by atoms with E-state index in [9.17, 15) is 0 Å². The van der Waals surface area contributed by atoms with Crippen LogP contribution in [0.25, 0.3) is 5.57 Å². The molecule has 0 saturated carbocycles. The summed E-state index contributed by atoms with van der Waals surface area (Å²) in [6, 6.07) is 7.61. The zero-order valence-corrected chi connectivity index (χ0v) is 10.9. The standard InChI is InChI=1S/C13H18N4/c1-16(2)9-11(10-17(3)4)13-7-5-6-12(8-14)15-13/h5-7,9H,10H2,1-4H3/p+1/b11-9+. The first kappa shape index (κ1) is 13.2. The number of pyridine rings is 1. The molecule has 0 atom stereocenters. The number of nitrogens with one attached hydrogen (secondary N) is 1. The zero-order chi connectivity index (χ0) is 12.8. The van der Waals surface area contributed by atoms with Gasteiger partial charge in [0, 0.05) is 25.9 Å². The van der Waals surface area contributed by atoms with Crippen molar-refractivity contribution in [3.8, 4) is 6.07 Å². The average Bonchev–Trinajstić information content (AvgIpc) is 2.27. The van der Waals surface area contributed by atoms with Gasteiger partial charge in [0.15, 0.2) is 0 Å². The second-order valence-electron chi connectivity index (χ2n) is 4.52. The van der Waals surface area contributed by atoms with Crippen molar-refractivity contribution in [2.24, 2.45) is 0 Å². The van der Waals surface area contributed by atoms with E-state index in [4.69, 9.17) is 5.26 Å². The Morgan fingerprint density at radius 3 is 2.71 bits per heavy atom. The number of nitrogens with zero attached hydrogens (tertiary/aromatic N) is 3. The SMILES string of the molecule is CN(C)/C=C(\C[NH+](C)C)c1cccc(C#N)n1. The maximum absolute atomic E-state index is 8.86. The Morgan fingerprint density at radius 2 is 2.18 bits per heavy atom. The molecule has 1 N–H and O–H groups in total. The Hall–Kier alpha value is -1.86. The van der Waals surface area contributed by atoms with Crippen LogP contribution in [0.3, 0.4) is 0 Å². The van der Waals surface area contributed by atoms with Crippen molar-refractivity contribution in [1.29, 1.82) is 5.26 Å². The summed E-state index contributed by atoms with van der Waals surface area (Å²) in [4.78, 5) is 7.65. The largest absolute Gasteiger partial charge is 0.383 e. The number of nitriles is 1. The minimum absolute atomic E-state index is 0.459. The normalized spacial score (nSPS) is 11.4. The van der Waals surface area contributed by atoms with Crippen molar-refractivity contribution in [3.63, 3.8) is 0 Å². The molecule has 0 amide bonds. The van der Waals surface area contributed by atoms with E-state index >= 15 is 0 Å². The van der Waals surface area contributed by atoms with E-state index in [1.165, 1.54) is 4.90 Å². The Kier molecular flexibility index (Phi) is 4.68. The van der Waals surface area contributed by atoms with Crippen LogP contribution in [0.1, 0.15) is 11.4 Å². The molecule has 4 nitrogen and oxygen atoms in total. The molecule has 0 bridgehead atoms. The first-order valence-electron chi connectivity index (χ1n) is 5.56. The van der Waals surface area contributed by atoms with E-state index in [2.05, 4.69) is 31.3 Å². The lowest BCUT2D eigenvalue weighted by Gasteiger charge is -2.14. The van der Waals surface area contributed by atoms with Gasteiger partial charge in [-0.15, -0.1) is 0 Å². The number of hydrogen-bond acceptors (Lipinski definition) is 3. The van der Waals surface area contributed by atoms with Crippen molar-refractivity contribution in [2.75, 3.05) is 34.7 Å². The van der Waals surface area contributed by atoms with Gasteiger partial charge in [-0.25, -0.2) is 4.98 Å². The van der Waals surface area contributed by atoms with Crippen molar-refractivity contribution < 1.29 is 4.90 Å². The minimum atomic E-state index is 0.459. The number of likely N-dealkylation sites (N-methyl/N-ethyl adjacent to an activating group) is 1. The van der Waals surface area contributed by atoms with Crippen LogP contribution in [0.15, 0.2) is 24.4 Å². The average molecular weight is 231 g/mol. The van der Waals surface area contributed by atoms with Gasteiger partial charge in [0.05, 0.1) is 19.8 Å². The van der Waals surface area contributed by atoms with E-state index in [1.807, 2.05) is 31.1 Å². The van der Waals surface area contributed by atoms with Crippen LogP contribution in [0.4, 0.5) is 0 Å². The quantitative estimate of drug-likeness (QED) is 0.793. The number of aromatic nitrogens is 1. The monoisotopic (exact) mass is 231 g/mol. The summed E-state index contributed by atoms with van der Waals surface area (Å²) >= 11 is 0. The van der Waals surface area contributed by atoms with Crippen molar-refractivity contribution in [1.82, 2.24) is 9.88 Å². The Labute approximate surface area is 103 Å². The lowest BCUT2D eigenvalue weighted by atomic mass is 10.1. The molecule has 0 aliphatic rings.